The second kappa shape index (κ2) is 6.13. The molecule has 0 aliphatic heterocycles. The quantitative estimate of drug-likeness (QED) is 0.871. The Labute approximate surface area is 128 Å². The molecule has 0 spiro atoms. The SMILES string of the molecule is COc1ccc(C(=O)N(C)c2nc(C)c(C)s2)cc1OC. The van der Waals surface area contributed by atoms with Gasteiger partial charge in [0.1, 0.15) is 0 Å². The molecule has 0 atom stereocenters. The second-order valence-electron chi connectivity index (χ2n) is 4.57. The summed E-state index contributed by atoms with van der Waals surface area (Å²) in [6.45, 7) is 3.93. The van der Waals surface area contributed by atoms with Crippen LogP contribution in [0.1, 0.15) is 20.9 Å². The predicted molar refractivity (Wildman–Crippen MR) is 83.9 cm³/mol. The van der Waals surface area contributed by atoms with Gasteiger partial charge in [-0.15, -0.1) is 11.3 Å². The van der Waals surface area contributed by atoms with Crippen LogP contribution in [0, 0.1) is 13.8 Å². The highest BCUT2D eigenvalue weighted by Gasteiger charge is 2.19. The molecule has 0 aliphatic rings. The number of methoxy groups -OCH3 is 2. The molecule has 1 heterocycles. The van der Waals surface area contributed by atoms with E-state index in [2.05, 4.69) is 4.98 Å². The van der Waals surface area contributed by atoms with Crippen LogP contribution in [0.15, 0.2) is 18.2 Å². The normalized spacial score (nSPS) is 10.3. The lowest BCUT2D eigenvalue weighted by Gasteiger charge is -2.15. The maximum atomic E-state index is 12.5. The Morgan fingerprint density at radius 2 is 1.86 bits per heavy atom. The van der Waals surface area contributed by atoms with Crippen LogP contribution in [0.2, 0.25) is 0 Å². The highest BCUT2D eigenvalue weighted by molar-refractivity contribution is 7.15. The van der Waals surface area contributed by atoms with Crippen molar-refractivity contribution in [3.05, 3.63) is 34.3 Å². The molecule has 2 aromatic rings. The lowest BCUT2D eigenvalue weighted by Crippen LogP contribution is -2.26. The van der Waals surface area contributed by atoms with Crippen LogP contribution in [-0.4, -0.2) is 32.2 Å². The van der Waals surface area contributed by atoms with E-state index in [1.54, 1.807) is 44.4 Å². The van der Waals surface area contributed by atoms with Crippen LogP contribution in [0.5, 0.6) is 11.5 Å². The third-order valence-corrected chi connectivity index (χ3v) is 4.39. The number of carbonyl (C=O) groups is 1. The minimum atomic E-state index is -0.135. The molecule has 2 rings (SSSR count). The largest absolute Gasteiger partial charge is 0.493 e. The number of hydrogen-bond donors (Lipinski definition) is 0. The van der Waals surface area contributed by atoms with E-state index in [1.807, 2.05) is 13.8 Å². The molecule has 21 heavy (non-hydrogen) atoms. The fraction of sp³-hybridized carbons (Fsp3) is 0.333. The number of hydrogen-bond acceptors (Lipinski definition) is 5. The van der Waals surface area contributed by atoms with Gasteiger partial charge in [-0.05, 0) is 32.0 Å². The Hall–Kier alpha value is -2.08. The Morgan fingerprint density at radius 3 is 2.38 bits per heavy atom. The fourth-order valence-electron chi connectivity index (χ4n) is 1.85. The van der Waals surface area contributed by atoms with E-state index in [-0.39, 0.29) is 5.91 Å². The van der Waals surface area contributed by atoms with Crippen LogP contribution in [0.4, 0.5) is 5.13 Å². The smallest absolute Gasteiger partial charge is 0.259 e. The molecule has 1 aromatic heterocycles. The molecular weight excluding hydrogens is 288 g/mol. The third kappa shape index (κ3) is 3.00. The summed E-state index contributed by atoms with van der Waals surface area (Å²) in [5, 5.41) is 0.685. The van der Waals surface area contributed by atoms with Gasteiger partial charge in [-0.2, -0.15) is 0 Å². The number of amides is 1. The summed E-state index contributed by atoms with van der Waals surface area (Å²) in [6.07, 6.45) is 0. The average Bonchev–Trinajstić information content (AvgIpc) is 2.84. The first-order valence-corrected chi connectivity index (χ1v) is 7.23. The first-order chi connectivity index (χ1) is 9.97. The van der Waals surface area contributed by atoms with Gasteiger partial charge in [-0.3, -0.25) is 9.69 Å². The Morgan fingerprint density at radius 1 is 1.19 bits per heavy atom. The maximum absolute atomic E-state index is 12.5. The minimum Gasteiger partial charge on any atom is -0.493 e. The lowest BCUT2D eigenvalue weighted by atomic mass is 10.2. The van der Waals surface area contributed by atoms with E-state index >= 15 is 0 Å². The number of thiazole rings is 1. The molecule has 0 aliphatic carbocycles. The van der Waals surface area contributed by atoms with Crippen molar-refractivity contribution in [1.82, 2.24) is 4.98 Å². The van der Waals surface area contributed by atoms with Gasteiger partial charge >= 0.3 is 0 Å². The van der Waals surface area contributed by atoms with Crippen molar-refractivity contribution < 1.29 is 14.3 Å². The van der Waals surface area contributed by atoms with E-state index in [9.17, 15) is 4.79 Å². The van der Waals surface area contributed by atoms with E-state index in [4.69, 9.17) is 9.47 Å². The maximum Gasteiger partial charge on any atom is 0.259 e. The van der Waals surface area contributed by atoms with Gasteiger partial charge in [0.05, 0.1) is 19.9 Å². The van der Waals surface area contributed by atoms with Gasteiger partial charge in [0.15, 0.2) is 16.6 Å². The van der Waals surface area contributed by atoms with Gasteiger partial charge in [0, 0.05) is 17.5 Å². The van der Waals surface area contributed by atoms with Crippen LogP contribution in [0.3, 0.4) is 0 Å². The number of benzene rings is 1. The Balaban J connectivity index is 2.31. The van der Waals surface area contributed by atoms with Crippen LogP contribution in [-0.2, 0) is 0 Å². The molecule has 0 radical (unpaired) electrons. The van der Waals surface area contributed by atoms with Gasteiger partial charge < -0.3 is 9.47 Å². The number of carbonyl (C=O) groups excluding carboxylic acids is 1. The summed E-state index contributed by atoms with van der Waals surface area (Å²) < 4.78 is 10.4. The number of ether oxygens (including phenoxy) is 2. The molecule has 0 fully saturated rings. The highest BCUT2D eigenvalue weighted by atomic mass is 32.1. The highest BCUT2D eigenvalue weighted by Crippen LogP contribution is 2.30. The van der Waals surface area contributed by atoms with Crippen molar-refractivity contribution in [2.75, 3.05) is 26.2 Å². The van der Waals surface area contributed by atoms with Crippen molar-refractivity contribution in [2.45, 2.75) is 13.8 Å². The van der Waals surface area contributed by atoms with Crippen molar-refractivity contribution in [1.29, 1.82) is 0 Å². The van der Waals surface area contributed by atoms with Crippen LogP contribution < -0.4 is 14.4 Å². The summed E-state index contributed by atoms with van der Waals surface area (Å²) in [4.78, 5) is 19.6. The van der Waals surface area contributed by atoms with Gasteiger partial charge in [0.2, 0.25) is 0 Å². The molecule has 0 saturated heterocycles. The number of nitrogens with zero attached hydrogens (tertiary/aromatic N) is 2. The topological polar surface area (TPSA) is 51.7 Å². The summed E-state index contributed by atoms with van der Waals surface area (Å²) >= 11 is 1.50. The van der Waals surface area contributed by atoms with E-state index in [0.717, 1.165) is 10.6 Å². The molecule has 6 heteroatoms. The van der Waals surface area contributed by atoms with Gasteiger partial charge in [0.25, 0.3) is 5.91 Å². The van der Waals surface area contributed by atoms with E-state index in [0.29, 0.717) is 22.2 Å². The molecule has 0 N–H and O–H groups in total. The zero-order chi connectivity index (χ0) is 15.6. The van der Waals surface area contributed by atoms with Crippen molar-refractivity contribution in [2.24, 2.45) is 0 Å². The zero-order valence-corrected chi connectivity index (χ0v) is 13.6. The number of aryl methyl sites for hydroxylation is 2. The molecule has 0 bridgehead atoms. The Bertz CT molecular complexity index is 647. The molecule has 1 amide bonds. The number of aromatic nitrogens is 1. The monoisotopic (exact) mass is 306 g/mol. The molecule has 5 nitrogen and oxygen atoms in total. The predicted octanol–water partition coefficient (Wildman–Crippen LogP) is 3.05. The summed E-state index contributed by atoms with van der Waals surface area (Å²) in [6, 6.07) is 5.11. The van der Waals surface area contributed by atoms with Gasteiger partial charge in [-0.25, -0.2) is 4.98 Å². The zero-order valence-electron chi connectivity index (χ0n) is 12.8. The lowest BCUT2D eigenvalue weighted by molar-refractivity contribution is 0.0992. The summed E-state index contributed by atoms with van der Waals surface area (Å²) in [5.41, 5.74) is 1.47. The third-order valence-electron chi connectivity index (χ3n) is 3.24. The van der Waals surface area contributed by atoms with Crippen molar-refractivity contribution in [3.8, 4) is 11.5 Å². The number of anilines is 1. The summed E-state index contributed by atoms with van der Waals surface area (Å²) in [5.74, 6) is 0.991. The van der Waals surface area contributed by atoms with E-state index < -0.39 is 0 Å². The van der Waals surface area contributed by atoms with Crippen molar-refractivity contribution >= 4 is 22.4 Å². The average molecular weight is 306 g/mol. The molecule has 1 aromatic carbocycles. The van der Waals surface area contributed by atoms with Gasteiger partial charge in [-0.1, -0.05) is 0 Å². The first-order valence-electron chi connectivity index (χ1n) is 6.42. The molecule has 0 unspecified atom stereocenters. The molecule has 112 valence electrons. The fourth-order valence-corrected chi connectivity index (χ4v) is 2.72. The first kappa shape index (κ1) is 15.3. The standard InChI is InChI=1S/C15H18N2O3S/c1-9-10(2)21-15(16-9)17(3)14(18)11-6-7-12(19-4)13(8-11)20-5/h6-8H,1-5H3. The van der Waals surface area contributed by atoms with Crippen LogP contribution >= 0.6 is 11.3 Å². The minimum absolute atomic E-state index is 0.135. The molecule has 0 saturated carbocycles. The van der Waals surface area contributed by atoms with Crippen molar-refractivity contribution in [3.63, 3.8) is 0 Å². The number of rotatable bonds is 4. The van der Waals surface area contributed by atoms with E-state index in [1.165, 1.54) is 11.3 Å². The Kier molecular flexibility index (Phi) is 4.47. The second-order valence-corrected chi connectivity index (χ2v) is 5.75. The molecular formula is C15H18N2O3S. The summed E-state index contributed by atoms with van der Waals surface area (Å²) in [7, 11) is 4.83. The van der Waals surface area contributed by atoms with Crippen LogP contribution in [0.25, 0.3) is 0 Å².